The van der Waals surface area contributed by atoms with E-state index >= 15 is 0 Å². The van der Waals surface area contributed by atoms with Crippen LogP contribution in [0.2, 0.25) is 5.15 Å². The van der Waals surface area contributed by atoms with Gasteiger partial charge >= 0.3 is 0 Å². The van der Waals surface area contributed by atoms with Gasteiger partial charge in [0.2, 0.25) is 0 Å². The molecule has 16 heavy (non-hydrogen) atoms. The number of nitrogens with zero attached hydrogens (tertiary/aromatic N) is 2. The summed E-state index contributed by atoms with van der Waals surface area (Å²) in [5, 5.41) is 6.84. The first-order valence-electron chi connectivity index (χ1n) is 5.63. The Balaban J connectivity index is 2.06. The molecule has 2 N–H and O–H groups in total. The summed E-state index contributed by atoms with van der Waals surface area (Å²) < 4.78 is 0. The summed E-state index contributed by atoms with van der Waals surface area (Å²) in [5.74, 6) is 0.794. The van der Waals surface area contributed by atoms with Gasteiger partial charge in [-0.1, -0.05) is 18.5 Å². The van der Waals surface area contributed by atoms with Gasteiger partial charge in [0.1, 0.15) is 12.0 Å². The predicted octanol–water partition coefficient (Wildman–Crippen LogP) is 2.77. The zero-order valence-corrected chi connectivity index (χ0v) is 10.4. The molecule has 2 rings (SSSR count). The van der Waals surface area contributed by atoms with Crippen molar-refractivity contribution in [2.24, 2.45) is 5.41 Å². The summed E-state index contributed by atoms with van der Waals surface area (Å²) in [4.78, 5) is 8.15. The molecule has 5 heteroatoms. The minimum Gasteiger partial charge on any atom is -0.383 e. The highest BCUT2D eigenvalue weighted by atomic mass is 35.5. The largest absolute Gasteiger partial charge is 0.383 e. The number of aromatic nitrogens is 2. The van der Waals surface area contributed by atoms with Crippen LogP contribution < -0.4 is 10.6 Å². The summed E-state index contributed by atoms with van der Waals surface area (Å²) in [6, 6.07) is 0. The lowest BCUT2D eigenvalue weighted by molar-refractivity contribution is 0.521. The Morgan fingerprint density at radius 1 is 1.44 bits per heavy atom. The molecule has 0 amide bonds. The first-order chi connectivity index (χ1) is 7.71. The molecule has 4 nitrogen and oxygen atoms in total. The second-order valence-electron chi connectivity index (χ2n) is 4.35. The van der Waals surface area contributed by atoms with Gasteiger partial charge in [-0.25, -0.2) is 9.97 Å². The maximum Gasteiger partial charge on any atom is 0.157 e. The molecule has 88 valence electrons. The summed E-state index contributed by atoms with van der Waals surface area (Å²) in [5.41, 5.74) is 1.26. The van der Waals surface area contributed by atoms with Crippen LogP contribution in [-0.4, -0.2) is 23.6 Å². The summed E-state index contributed by atoms with van der Waals surface area (Å²) in [6.07, 6.45) is 5.32. The molecule has 0 unspecified atom stereocenters. The molecule has 0 aliphatic heterocycles. The summed E-state index contributed by atoms with van der Waals surface area (Å²) in [6.45, 7) is 3.20. The first kappa shape index (κ1) is 11.5. The number of rotatable bonds is 5. The van der Waals surface area contributed by atoms with Gasteiger partial charge in [0.15, 0.2) is 11.0 Å². The lowest BCUT2D eigenvalue weighted by Gasteiger charge is -2.16. The second-order valence-corrected chi connectivity index (χ2v) is 4.70. The van der Waals surface area contributed by atoms with Gasteiger partial charge in [-0.3, -0.25) is 0 Å². The van der Waals surface area contributed by atoms with Crippen LogP contribution in [0, 0.1) is 5.41 Å². The SMILES string of the molecule is CCC1(CNc2ncnc(Cl)c2NC)CC1. The molecule has 0 radical (unpaired) electrons. The zero-order valence-electron chi connectivity index (χ0n) is 9.68. The minimum atomic E-state index is 0.460. The van der Waals surface area contributed by atoms with Crippen molar-refractivity contribution in [2.45, 2.75) is 26.2 Å². The highest BCUT2D eigenvalue weighted by molar-refractivity contribution is 6.32. The molecule has 0 saturated heterocycles. The van der Waals surface area contributed by atoms with Gasteiger partial charge in [0.05, 0.1) is 0 Å². The lowest BCUT2D eigenvalue weighted by atomic mass is 10.0. The van der Waals surface area contributed by atoms with Gasteiger partial charge in [0.25, 0.3) is 0 Å². The Labute approximate surface area is 101 Å². The van der Waals surface area contributed by atoms with Crippen LogP contribution in [0.25, 0.3) is 0 Å². The Hall–Kier alpha value is -1.03. The maximum absolute atomic E-state index is 5.98. The van der Waals surface area contributed by atoms with Crippen LogP contribution >= 0.6 is 11.6 Å². The molecule has 1 aromatic heterocycles. The van der Waals surface area contributed by atoms with E-state index in [1.807, 2.05) is 7.05 Å². The highest BCUT2D eigenvalue weighted by Crippen LogP contribution is 2.48. The van der Waals surface area contributed by atoms with Gasteiger partial charge in [-0.15, -0.1) is 0 Å². The fourth-order valence-electron chi connectivity index (χ4n) is 1.82. The van der Waals surface area contributed by atoms with Crippen LogP contribution in [-0.2, 0) is 0 Å². The van der Waals surface area contributed by atoms with E-state index in [9.17, 15) is 0 Å². The van der Waals surface area contributed by atoms with E-state index in [0.29, 0.717) is 10.6 Å². The average Bonchev–Trinajstić information content (AvgIpc) is 3.07. The minimum absolute atomic E-state index is 0.460. The summed E-state index contributed by atoms with van der Waals surface area (Å²) in [7, 11) is 1.82. The van der Waals surface area contributed by atoms with E-state index in [1.54, 1.807) is 0 Å². The van der Waals surface area contributed by atoms with Gasteiger partial charge in [0, 0.05) is 13.6 Å². The number of nitrogens with one attached hydrogen (secondary N) is 2. The normalized spacial score (nSPS) is 16.9. The lowest BCUT2D eigenvalue weighted by Crippen LogP contribution is -2.16. The number of anilines is 2. The summed E-state index contributed by atoms with van der Waals surface area (Å²) >= 11 is 5.98. The van der Waals surface area contributed by atoms with Gasteiger partial charge < -0.3 is 10.6 Å². The molecular formula is C11H17ClN4. The Bertz CT molecular complexity index is 376. The molecule has 1 aliphatic rings. The molecule has 0 atom stereocenters. The van der Waals surface area contributed by atoms with Crippen molar-refractivity contribution in [3.05, 3.63) is 11.5 Å². The standard InChI is InChI=1S/C11H17ClN4/c1-3-11(4-5-11)6-14-10-8(13-2)9(12)15-7-16-10/h7,13H,3-6H2,1-2H3,(H,14,15,16). The van der Waals surface area contributed by atoms with Crippen LogP contribution in [0.3, 0.4) is 0 Å². The van der Waals surface area contributed by atoms with Crippen LogP contribution in [0.5, 0.6) is 0 Å². The number of hydrogen-bond acceptors (Lipinski definition) is 4. The highest BCUT2D eigenvalue weighted by Gasteiger charge is 2.40. The molecule has 1 heterocycles. The molecule has 1 aliphatic carbocycles. The molecular weight excluding hydrogens is 224 g/mol. The van der Waals surface area contributed by atoms with Crippen molar-refractivity contribution >= 4 is 23.1 Å². The van der Waals surface area contributed by atoms with Crippen molar-refractivity contribution in [3.63, 3.8) is 0 Å². The Morgan fingerprint density at radius 2 is 2.19 bits per heavy atom. The molecule has 1 saturated carbocycles. The predicted molar refractivity (Wildman–Crippen MR) is 67.0 cm³/mol. The molecule has 0 bridgehead atoms. The first-order valence-corrected chi connectivity index (χ1v) is 6.01. The molecule has 1 aromatic rings. The van der Waals surface area contributed by atoms with Crippen LogP contribution in [0.1, 0.15) is 26.2 Å². The van der Waals surface area contributed by atoms with E-state index in [4.69, 9.17) is 11.6 Å². The van der Waals surface area contributed by atoms with E-state index in [-0.39, 0.29) is 0 Å². The van der Waals surface area contributed by atoms with E-state index in [1.165, 1.54) is 25.6 Å². The van der Waals surface area contributed by atoms with Gasteiger partial charge in [-0.2, -0.15) is 0 Å². The third-order valence-corrected chi connectivity index (χ3v) is 3.68. The Morgan fingerprint density at radius 3 is 2.75 bits per heavy atom. The quantitative estimate of drug-likeness (QED) is 0.777. The molecule has 0 spiro atoms. The topological polar surface area (TPSA) is 49.8 Å². The number of hydrogen-bond donors (Lipinski definition) is 2. The molecule has 0 aromatic carbocycles. The van der Waals surface area contributed by atoms with Crippen LogP contribution in [0.15, 0.2) is 6.33 Å². The second kappa shape index (κ2) is 4.45. The molecule has 1 fully saturated rings. The zero-order chi connectivity index (χ0) is 11.6. The fourth-order valence-corrected chi connectivity index (χ4v) is 2.05. The van der Waals surface area contributed by atoms with Crippen molar-refractivity contribution in [1.82, 2.24) is 9.97 Å². The average molecular weight is 241 g/mol. The van der Waals surface area contributed by atoms with Crippen molar-refractivity contribution in [1.29, 1.82) is 0 Å². The van der Waals surface area contributed by atoms with Crippen molar-refractivity contribution in [2.75, 3.05) is 24.2 Å². The van der Waals surface area contributed by atoms with Crippen molar-refractivity contribution in [3.8, 4) is 0 Å². The van der Waals surface area contributed by atoms with Gasteiger partial charge in [-0.05, 0) is 24.7 Å². The van der Waals surface area contributed by atoms with Crippen molar-refractivity contribution < 1.29 is 0 Å². The third-order valence-electron chi connectivity index (χ3n) is 3.39. The number of halogens is 1. The smallest absolute Gasteiger partial charge is 0.157 e. The Kier molecular flexibility index (Phi) is 3.19. The van der Waals surface area contributed by atoms with E-state index in [2.05, 4.69) is 27.5 Å². The van der Waals surface area contributed by atoms with Crippen LogP contribution in [0.4, 0.5) is 11.5 Å². The third kappa shape index (κ3) is 2.21. The van der Waals surface area contributed by atoms with E-state index in [0.717, 1.165) is 18.1 Å². The fraction of sp³-hybridized carbons (Fsp3) is 0.636. The van der Waals surface area contributed by atoms with E-state index < -0.39 is 0 Å². The monoisotopic (exact) mass is 240 g/mol. The maximum atomic E-state index is 5.98.